The molecule has 0 N–H and O–H groups in total. The number of aromatic nitrogens is 2. The van der Waals surface area contributed by atoms with Gasteiger partial charge in [0.2, 0.25) is 0 Å². The number of thiophene rings is 1. The van der Waals surface area contributed by atoms with Gasteiger partial charge in [0.05, 0.1) is 19.2 Å². The van der Waals surface area contributed by atoms with Gasteiger partial charge in [0.25, 0.3) is 5.91 Å². The Hall–Kier alpha value is -2.66. The van der Waals surface area contributed by atoms with Crippen LogP contribution in [0.5, 0.6) is 5.75 Å². The molecular formula is C18H16N2O2S. The number of nitrogens with zero attached hydrogens (tertiary/aromatic N) is 2. The van der Waals surface area contributed by atoms with Crippen molar-refractivity contribution in [2.45, 2.75) is 6.42 Å². The van der Waals surface area contributed by atoms with Crippen LogP contribution in [0.1, 0.15) is 20.9 Å². The van der Waals surface area contributed by atoms with Gasteiger partial charge < -0.3 is 4.74 Å². The molecule has 23 heavy (non-hydrogen) atoms. The highest BCUT2D eigenvalue weighted by molar-refractivity contribution is 7.10. The van der Waals surface area contributed by atoms with E-state index in [4.69, 9.17) is 4.74 Å². The summed E-state index contributed by atoms with van der Waals surface area (Å²) in [5, 5.41) is 6.32. The lowest BCUT2D eigenvalue weighted by Gasteiger charge is -2.03. The van der Waals surface area contributed by atoms with Crippen molar-refractivity contribution in [1.82, 2.24) is 9.78 Å². The van der Waals surface area contributed by atoms with Gasteiger partial charge in [-0.2, -0.15) is 5.10 Å². The SMILES string of the molecule is COc1ccc(CC(=O)n2ccc(C=Cc3cccs3)n2)cc1. The fourth-order valence-corrected chi connectivity index (χ4v) is 2.74. The zero-order valence-corrected chi connectivity index (χ0v) is 13.5. The maximum atomic E-state index is 12.3. The van der Waals surface area contributed by atoms with Gasteiger partial charge in [-0.05, 0) is 47.4 Å². The van der Waals surface area contributed by atoms with Gasteiger partial charge in [0.1, 0.15) is 5.75 Å². The Morgan fingerprint density at radius 3 is 2.74 bits per heavy atom. The van der Waals surface area contributed by atoms with Crippen molar-refractivity contribution in [3.05, 3.63) is 70.2 Å². The number of benzene rings is 1. The van der Waals surface area contributed by atoms with E-state index < -0.39 is 0 Å². The first-order chi connectivity index (χ1) is 11.2. The molecule has 0 saturated carbocycles. The molecule has 0 amide bonds. The molecule has 3 aromatic rings. The summed E-state index contributed by atoms with van der Waals surface area (Å²) < 4.78 is 6.50. The van der Waals surface area contributed by atoms with Crippen LogP contribution in [-0.2, 0) is 6.42 Å². The molecule has 2 aromatic heterocycles. The predicted molar refractivity (Wildman–Crippen MR) is 92.8 cm³/mol. The first-order valence-corrected chi connectivity index (χ1v) is 8.06. The van der Waals surface area contributed by atoms with E-state index in [9.17, 15) is 4.79 Å². The first-order valence-electron chi connectivity index (χ1n) is 7.18. The van der Waals surface area contributed by atoms with E-state index >= 15 is 0 Å². The van der Waals surface area contributed by atoms with Crippen LogP contribution in [-0.4, -0.2) is 22.8 Å². The van der Waals surface area contributed by atoms with Gasteiger partial charge in [-0.1, -0.05) is 18.2 Å². The van der Waals surface area contributed by atoms with Crippen LogP contribution in [0.3, 0.4) is 0 Å². The third-order valence-electron chi connectivity index (χ3n) is 3.34. The van der Waals surface area contributed by atoms with E-state index in [0.29, 0.717) is 6.42 Å². The molecule has 0 aliphatic rings. The number of carbonyl (C=O) groups is 1. The van der Waals surface area contributed by atoms with E-state index in [1.807, 2.05) is 60.0 Å². The molecule has 1 aromatic carbocycles. The Morgan fingerprint density at radius 2 is 2.04 bits per heavy atom. The molecule has 0 aliphatic heterocycles. The maximum Gasteiger partial charge on any atom is 0.251 e. The van der Waals surface area contributed by atoms with Gasteiger partial charge >= 0.3 is 0 Å². The molecular weight excluding hydrogens is 308 g/mol. The maximum absolute atomic E-state index is 12.3. The zero-order valence-electron chi connectivity index (χ0n) is 12.7. The Balaban J connectivity index is 1.65. The summed E-state index contributed by atoms with van der Waals surface area (Å²) >= 11 is 1.66. The Labute approximate surface area is 138 Å². The molecule has 0 fully saturated rings. The van der Waals surface area contributed by atoms with Crippen molar-refractivity contribution in [3.8, 4) is 5.75 Å². The van der Waals surface area contributed by atoms with Crippen molar-refractivity contribution >= 4 is 29.4 Å². The van der Waals surface area contributed by atoms with Crippen LogP contribution < -0.4 is 4.74 Å². The molecule has 0 atom stereocenters. The third-order valence-corrected chi connectivity index (χ3v) is 4.18. The van der Waals surface area contributed by atoms with E-state index in [2.05, 4.69) is 5.10 Å². The molecule has 4 nitrogen and oxygen atoms in total. The summed E-state index contributed by atoms with van der Waals surface area (Å²) in [6.45, 7) is 0. The number of ether oxygens (including phenoxy) is 1. The van der Waals surface area contributed by atoms with Crippen LogP contribution in [0.4, 0.5) is 0 Å². The summed E-state index contributed by atoms with van der Waals surface area (Å²) in [7, 11) is 1.62. The monoisotopic (exact) mass is 324 g/mol. The smallest absolute Gasteiger partial charge is 0.251 e. The van der Waals surface area contributed by atoms with Crippen LogP contribution in [0.15, 0.2) is 54.0 Å². The molecule has 2 heterocycles. The minimum absolute atomic E-state index is 0.0639. The highest BCUT2D eigenvalue weighted by Gasteiger charge is 2.08. The molecule has 0 spiro atoms. The van der Waals surface area contributed by atoms with Gasteiger partial charge in [-0.15, -0.1) is 11.3 Å². The Morgan fingerprint density at radius 1 is 1.22 bits per heavy atom. The number of rotatable bonds is 5. The summed E-state index contributed by atoms with van der Waals surface area (Å²) in [6, 6.07) is 13.3. The number of hydrogen-bond acceptors (Lipinski definition) is 4. The fourth-order valence-electron chi connectivity index (χ4n) is 2.12. The minimum atomic E-state index is -0.0639. The van der Waals surface area contributed by atoms with Crippen LogP contribution in [0.25, 0.3) is 12.2 Å². The average molecular weight is 324 g/mol. The average Bonchev–Trinajstić information content (AvgIpc) is 3.25. The lowest BCUT2D eigenvalue weighted by Crippen LogP contribution is -2.14. The molecule has 0 radical (unpaired) electrons. The topological polar surface area (TPSA) is 44.1 Å². The quantitative estimate of drug-likeness (QED) is 0.712. The predicted octanol–water partition coefficient (Wildman–Crippen LogP) is 4.01. The number of carbonyl (C=O) groups excluding carboxylic acids is 1. The molecule has 5 heteroatoms. The normalized spacial score (nSPS) is 11.0. The highest BCUT2D eigenvalue weighted by atomic mass is 32.1. The Kier molecular flexibility index (Phi) is 4.68. The molecule has 0 bridgehead atoms. The van der Waals surface area contributed by atoms with Crippen molar-refractivity contribution < 1.29 is 9.53 Å². The highest BCUT2D eigenvalue weighted by Crippen LogP contribution is 2.14. The van der Waals surface area contributed by atoms with Crippen LogP contribution in [0.2, 0.25) is 0 Å². The van der Waals surface area contributed by atoms with Gasteiger partial charge in [0, 0.05) is 11.1 Å². The van der Waals surface area contributed by atoms with Crippen molar-refractivity contribution in [1.29, 1.82) is 0 Å². The molecule has 116 valence electrons. The third kappa shape index (κ3) is 3.96. The van der Waals surface area contributed by atoms with Crippen LogP contribution in [0, 0.1) is 0 Å². The summed E-state index contributed by atoms with van der Waals surface area (Å²) in [4.78, 5) is 13.4. The number of hydrogen-bond donors (Lipinski definition) is 0. The largest absolute Gasteiger partial charge is 0.497 e. The van der Waals surface area contributed by atoms with Gasteiger partial charge in [-0.3, -0.25) is 4.79 Å². The van der Waals surface area contributed by atoms with E-state index in [-0.39, 0.29) is 5.91 Å². The second-order valence-corrected chi connectivity index (χ2v) is 5.93. The fraction of sp³-hybridized carbons (Fsp3) is 0.111. The van der Waals surface area contributed by atoms with Crippen molar-refractivity contribution in [2.24, 2.45) is 0 Å². The lowest BCUT2D eigenvalue weighted by molar-refractivity contribution is 0.0898. The van der Waals surface area contributed by atoms with E-state index in [1.54, 1.807) is 24.6 Å². The van der Waals surface area contributed by atoms with Gasteiger partial charge in [0.15, 0.2) is 0 Å². The summed E-state index contributed by atoms with van der Waals surface area (Å²) in [6.07, 6.45) is 5.90. The number of methoxy groups -OCH3 is 1. The van der Waals surface area contributed by atoms with Crippen molar-refractivity contribution in [3.63, 3.8) is 0 Å². The molecule has 0 saturated heterocycles. The van der Waals surface area contributed by atoms with E-state index in [0.717, 1.165) is 21.9 Å². The van der Waals surface area contributed by atoms with Gasteiger partial charge in [-0.25, -0.2) is 4.68 Å². The van der Waals surface area contributed by atoms with Crippen molar-refractivity contribution in [2.75, 3.05) is 7.11 Å². The first kappa shape index (κ1) is 15.2. The molecule has 3 rings (SSSR count). The Bertz CT molecular complexity index is 802. The second-order valence-electron chi connectivity index (χ2n) is 4.95. The molecule has 0 unspecified atom stereocenters. The zero-order chi connectivity index (χ0) is 16.1. The molecule has 0 aliphatic carbocycles. The summed E-state index contributed by atoms with van der Waals surface area (Å²) in [5.74, 6) is 0.715. The van der Waals surface area contributed by atoms with E-state index in [1.165, 1.54) is 4.68 Å². The standard InChI is InChI=1S/C18H16N2O2S/c1-22-16-7-4-14(5-8-16)13-18(21)20-11-10-15(19-20)6-9-17-3-2-12-23-17/h2-12H,13H2,1H3. The lowest BCUT2D eigenvalue weighted by atomic mass is 10.1. The minimum Gasteiger partial charge on any atom is -0.497 e. The summed E-state index contributed by atoms with van der Waals surface area (Å²) in [5.41, 5.74) is 1.70. The van der Waals surface area contributed by atoms with Crippen LogP contribution >= 0.6 is 11.3 Å². The second kappa shape index (κ2) is 7.07.